The Hall–Kier alpha value is -1.35. The first kappa shape index (κ1) is 12.1. The van der Waals surface area contributed by atoms with E-state index in [1.807, 2.05) is 30.3 Å². The van der Waals surface area contributed by atoms with Crippen molar-refractivity contribution in [2.75, 3.05) is 7.11 Å². The van der Waals surface area contributed by atoms with Gasteiger partial charge in [-0.25, -0.2) is 4.79 Å². The third kappa shape index (κ3) is 3.07. The Morgan fingerprint density at radius 2 is 1.88 bits per heavy atom. The van der Waals surface area contributed by atoms with Crippen molar-refractivity contribution < 1.29 is 14.3 Å². The molecule has 17 heavy (non-hydrogen) atoms. The average Bonchev–Trinajstić information content (AvgIpc) is 2.89. The van der Waals surface area contributed by atoms with Gasteiger partial charge >= 0.3 is 5.97 Å². The Morgan fingerprint density at radius 3 is 2.47 bits per heavy atom. The molecule has 1 atom stereocenters. The first-order valence-corrected chi connectivity index (χ1v) is 6.09. The van der Waals surface area contributed by atoms with Crippen LogP contribution in [0.3, 0.4) is 0 Å². The number of esters is 1. The molecule has 0 bridgehead atoms. The van der Waals surface area contributed by atoms with Crippen LogP contribution in [-0.4, -0.2) is 19.2 Å². The van der Waals surface area contributed by atoms with E-state index in [0.29, 0.717) is 0 Å². The van der Waals surface area contributed by atoms with Crippen LogP contribution in [-0.2, 0) is 14.3 Å². The fourth-order valence-corrected chi connectivity index (χ4v) is 2.22. The van der Waals surface area contributed by atoms with Gasteiger partial charge in [-0.05, 0) is 18.4 Å². The highest BCUT2D eigenvalue weighted by Gasteiger charge is 2.27. The van der Waals surface area contributed by atoms with Gasteiger partial charge in [-0.3, -0.25) is 0 Å². The molecule has 1 aliphatic rings. The maximum absolute atomic E-state index is 11.8. The topological polar surface area (TPSA) is 35.5 Å². The highest BCUT2D eigenvalue weighted by atomic mass is 16.6. The third-order valence-electron chi connectivity index (χ3n) is 3.15. The standard InChI is InChI=1S/C14H18O3/c1-16-14(15)13(11-7-3-2-4-8-11)17-12-9-5-6-10-12/h2-4,7-8,12-13H,5-6,9-10H2,1H3/t13-/m0/s1. The van der Waals surface area contributed by atoms with Crippen LogP contribution >= 0.6 is 0 Å². The van der Waals surface area contributed by atoms with Crippen molar-refractivity contribution in [1.29, 1.82) is 0 Å². The highest BCUT2D eigenvalue weighted by molar-refractivity contribution is 5.76. The maximum atomic E-state index is 11.8. The predicted octanol–water partition coefficient (Wildman–Crippen LogP) is 2.86. The monoisotopic (exact) mass is 234 g/mol. The second-order valence-corrected chi connectivity index (χ2v) is 4.36. The molecule has 0 spiro atoms. The molecule has 0 heterocycles. The molecule has 0 N–H and O–H groups in total. The number of carbonyl (C=O) groups is 1. The zero-order valence-electron chi connectivity index (χ0n) is 10.1. The van der Waals surface area contributed by atoms with Crippen LogP contribution in [0, 0.1) is 0 Å². The van der Waals surface area contributed by atoms with Gasteiger partial charge in [0, 0.05) is 0 Å². The van der Waals surface area contributed by atoms with E-state index in [0.717, 1.165) is 18.4 Å². The number of benzene rings is 1. The summed E-state index contributed by atoms with van der Waals surface area (Å²) in [5.74, 6) is -0.317. The second kappa shape index (κ2) is 5.82. The van der Waals surface area contributed by atoms with Gasteiger partial charge in [0.25, 0.3) is 0 Å². The lowest BCUT2D eigenvalue weighted by Crippen LogP contribution is -2.22. The average molecular weight is 234 g/mol. The second-order valence-electron chi connectivity index (χ2n) is 4.36. The summed E-state index contributed by atoms with van der Waals surface area (Å²) in [6.07, 6.45) is 4.07. The van der Waals surface area contributed by atoms with Gasteiger partial charge in [-0.1, -0.05) is 43.2 Å². The van der Waals surface area contributed by atoms with E-state index in [-0.39, 0.29) is 12.1 Å². The first-order valence-electron chi connectivity index (χ1n) is 6.09. The van der Waals surface area contributed by atoms with Crippen LogP contribution in [0.2, 0.25) is 0 Å². The van der Waals surface area contributed by atoms with E-state index in [2.05, 4.69) is 0 Å². The zero-order valence-corrected chi connectivity index (χ0v) is 10.1. The molecule has 1 fully saturated rings. The lowest BCUT2D eigenvalue weighted by molar-refractivity contribution is -0.158. The van der Waals surface area contributed by atoms with Crippen molar-refractivity contribution >= 4 is 5.97 Å². The quantitative estimate of drug-likeness (QED) is 0.751. The molecule has 1 aliphatic carbocycles. The van der Waals surface area contributed by atoms with Crippen LogP contribution in [0.4, 0.5) is 0 Å². The molecule has 3 nitrogen and oxygen atoms in total. The lowest BCUT2D eigenvalue weighted by atomic mass is 10.1. The van der Waals surface area contributed by atoms with Crippen molar-refractivity contribution in [3.8, 4) is 0 Å². The molecule has 0 aromatic heterocycles. The normalized spacial score (nSPS) is 17.9. The molecule has 92 valence electrons. The van der Waals surface area contributed by atoms with Gasteiger partial charge in [-0.15, -0.1) is 0 Å². The van der Waals surface area contributed by atoms with Crippen molar-refractivity contribution in [3.63, 3.8) is 0 Å². The fourth-order valence-electron chi connectivity index (χ4n) is 2.22. The Bertz CT molecular complexity index is 355. The van der Waals surface area contributed by atoms with Crippen molar-refractivity contribution in [2.45, 2.75) is 37.9 Å². The lowest BCUT2D eigenvalue weighted by Gasteiger charge is -2.20. The summed E-state index contributed by atoms with van der Waals surface area (Å²) in [6, 6.07) is 9.53. The minimum atomic E-state index is -0.579. The molecule has 0 unspecified atom stereocenters. The molecular formula is C14H18O3. The minimum Gasteiger partial charge on any atom is -0.467 e. The molecule has 2 rings (SSSR count). The molecule has 0 radical (unpaired) electrons. The van der Waals surface area contributed by atoms with E-state index < -0.39 is 6.10 Å². The SMILES string of the molecule is COC(=O)[C@@H](OC1CCCC1)c1ccccc1. The number of methoxy groups -OCH3 is 1. The molecule has 0 amide bonds. The molecule has 0 aliphatic heterocycles. The van der Waals surface area contributed by atoms with E-state index >= 15 is 0 Å². The highest BCUT2D eigenvalue weighted by Crippen LogP contribution is 2.28. The van der Waals surface area contributed by atoms with Crippen molar-refractivity contribution in [3.05, 3.63) is 35.9 Å². The van der Waals surface area contributed by atoms with Crippen molar-refractivity contribution in [1.82, 2.24) is 0 Å². The molecule has 1 aromatic rings. The first-order chi connectivity index (χ1) is 8.31. The summed E-state index contributed by atoms with van der Waals surface area (Å²) in [4.78, 5) is 11.8. The summed E-state index contributed by atoms with van der Waals surface area (Å²) in [5.41, 5.74) is 0.867. The number of carbonyl (C=O) groups excluding carboxylic acids is 1. The predicted molar refractivity (Wildman–Crippen MR) is 64.5 cm³/mol. The summed E-state index contributed by atoms with van der Waals surface area (Å²) in [5, 5.41) is 0. The van der Waals surface area contributed by atoms with Crippen LogP contribution < -0.4 is 0 Å². The smallest absolute Gasteiger partial charge is 0.339 e. The fraction of sp³-hybridized carbons (Fsp3) is 0.500. The van der Waals surface area contributed by atoms with E-state index in [1.54, 1.807) is 0 Å². The van der Waals surface area contributed by atoms with Crippen molar-refractivity contribution in [2.24, 2.45) is 0 Å². The Kier molecular flexibility index (Phi) is 4.15. The number of ether oxygens (including phenoxy) is 2. The summed E-state index contributed by atoms with van der Waals surface area (Å²) < 4.78 is 10.7. The Morgan fingerprint density at radius 1 is 1.24 bits per heavy atom. The summed E-state index contributed by atoms with van der Waals surface area (Å²) >= 11 is 0. The summed E-state index contributed by atoms with van der Waals surface area (Å²) in [6.45, 7) is 0. The van der Waals surface area contributed by atoms with Crippen LogP contribution in [0.25, 0.3) is 0 Å². The molecule has 1 aromatic carbocycles. The largest absolute Gasteiger partial charge is 0.467 e. The zero-order chi connectivity index (χ0) is 12.1. The van der Waals surface area contributed by atoms with E-state index in [1.165, 1.54) is 20.0 Å². The number of hydrogen-bond acceptors (Lipinski definition) is 3. The Balaban J connectivity index is 2.10. The van der Waals surface area contributed by atoms with Gasteiger partial charge in [0.2, 0.25) is 0 Å². The van der Waals surface area contributed by atoms with Crippen LogP contribution in [0.5, 0.6) is 0 Å². The summed E-state index contributed by atoms with van der Waals surface area (Å²) in [7, 11) is 1.40. The van der Waals surface area contributed by atoms with Gasteiger partial charge in [0.1, 0.15) is 0 Å². The van der Waals surface area contributed by atoms with Gasteiger partial charge < -0.3 is 9.47 Å². The van der Waals surface area contributed by atoms with Gasteiger partial charge in [0.05, 0.1) is 13.2 Å². The van der Waals surface area contributed by atoms with Crippen LogP contribution in [0.15, 0.2) is 30.3 Å². The third-order valence-corrected chi connectivity index (χ3v) is 3.15. The van der Waals surface area contributed by atoms with E-state index in [4.69, 9.17) is 9.47 Å². The number of rotatable bonds is 4. The van der Waals surface area contributed by atoms with E-state index in [9.17, 15) is 4.79 Å². The van der Waals surface area contributed by atoms with Crippen LogP contribution in [0.1, 0.15) is 37.4 Å². The maximum Gasteiger partial charge on any atom is 0.339 e. The molecule has 1 saturated carbocycles. The minimum absolute atomic E-state index is 0.194. The molecule has 0 saturated heterocycles. The number of hydrogen-bond donors (Lipinski definition) is 0. The molecular weight excluding hydrogens is 216 g/mol. The molecule has 3 heteroatoms. The van der Waals surface area contributed by atoms with Gasteiger partial charge in [0.15, 0.2) is 6.10 Å². The Labute approximate surface area is 102 Å². The van der Waals surface area contributed by atoms with Gasteiger partial charge in [-0.2, -0.15) is 0 Å².